The van der Waals surface area contributed by atoms with E-state index in [1.54, 1.807) is 0 Å². The average Bonchev–Trinajstić information content (AvgIpc) is 3.32. The van der Waals surface area contributed by atoms with Crippen LogP contribution in [0.4, 0.5) is 11.6 Å². The lowest BCUT2D eigenvalue weighted by atomic mass is 10.3. The number of nitrogens with zero attached hydrogens (tertiary/aromatic N) is 2. The molecular weight excluding hydrogens is 266 g/mol. The summed E-state index contributed by atoms with van der Waals surface area (Å²) in [7, 11) is 0. The Hall–Kier alpha value is -1.85. The number of carbonyl (C=O) groups is 1. The Morgan fingerprint density at radius 1 is 1.29 bits per heavy atom. The first-order chi connectivity index (χ1) is 10.2. The summed E-state index contributed by atoms with van der Waals surface area (Å²) in [4.78, 5) is 21.1. The molecule has 0 spiro atoms. The summed E-state index contributed by atoms with van der Waals surface area (Å²) in [6.07, 6.45) is 4.52. The minimum absolute atomic E-state index is 0.0362. The Kier molecular flexibility index (Phi) is 3.94. The van der Waals surface area contributed by atoms with Gasteiger partial charge in [0.25, 0.3) is 0 Å². The second-order valence-electron chi connectivity index (χ2n) is 5.95. The Bertz CT molecular complexity index is 525. The third kappa shape index (κ3) is 3.83. The van der Waals surface area contributed by atoms with E-state index >= 15 is 0 Å². The van der Waals surface area contributed by atoms with Crippen LogP contribution in [0.1, 0.15) is 51.3 Å². The van der Waals surface area contributed by atoms with E-state index < -0.39 is 0 Å². The van der Waals surface area contributed by atoms with Gasteiger partial charge in [0.1, 0.15) is 23.5 Å². The molecule has 2 aliphatic rings. The quantitative estimate of drug-likeness (QED) is 0.714. The van der Waals surface area contributed by atoms with Gasteiger partial charge in [0.15, 0.2) is 0 Å². The molecule has 0 bridgehead atoms. The van der Waals surface area contributed by atoms with Crippen LogP contribution in [0.5, 0.6) is 0 Å². The van der Waals surface area contributed by atoms with Crippen LogP contribution in [0.15, 0.2) is 6.07 Å². The zero-order chi connectivity index (χ0) is 14.8. The van der Waals surface area contributed by atoms with Gasteiger partial charge in [0, 0.05) is 24.6 Å². The van der Waals surface area contributed by atoms with E-state index in [1.807, 2.05) is 19.9 Å². The Morgan fingerprint density at radius 3 is 2.62 bits per heavy atom. The van der Waals surface area contributed by atoms with Crippen LogP contribution in [0.25, 0.3) is 0 Å². The maximum Gasteiger partial charge on any atom is 0.242 e. The van der Waals surface area contributed by atoms with Crippen LogP contribution in [0, 0.1) is 0 Å². The molecule has 114 valence electrons. The highest BCUT2D eigenvalue weighted by Gasteiger charge is 2.28. The third-order valence-corrected chi connectivity index (χ3v) is 3.73. The smallest absolute Gasteiger partial charge is 0.242 e. The minimum Gasteiger partial charge on any atom is -0.370 e. The van der Waals surface area contributed by atoms with Gasteiger partial charge in [0.05, 0.1) is 0 Å². The van der Waals surface area contributed by atoms with Crippen LogP contribution in [-0.2, 0) is 4.79 Å². The summed E-state index contributed by atoms with van der Waals surface area (Å²) in [6.45, 7) is 4.72. The normalized spacial score (nSPS) is 19.0. The molecule has 2 saturated carbocycles. The lowest BCUT2D eigenvalue weighted by Gasteiger charge is -2.16. The molecule has 0 aliphatic heterocycles. The summed E-state index contributed by atoms with van der Waals surface area (Å²) in [5, 5.41) is 9.42. The molecule has 0 saturated heterocycles. The van der Waals surface area contributed by atoms with Crippen molar-refractivity contribution in [2.24, 2.45) is 0 Å². The lowest BCUT2D eigenvalue weighted by Crippen LogP contribution is -2.38. The van der Waals surface area contributed by atoms with Crippen molar-refractivity contribution in [2.75, 3.05) is 17.2 Å². The Labute approximate surface area is 125 Å². The Balaban J connectivity index is 1.68. The van der Waals surface area contributed by atoms with Crippen LogP contribution in [-0.4, -0.2) is 34.5 Å². The number of amides is 1. The standard InChI is InChI=1S/C15H23N5O/c1-3-16-12-8-13(20-14(19-12)10-4-5-10)17-9(2)15(21)18-11-6-7-11/h8-11H,3-7H2,1-2H3,(H,18,21)(H2,16,17,19,20). The second kappa shape index (κ2) is 5.87. The summed E-state index contributed by atoms with van der Waals surface area (Å²) in [6, 6.07) is 1.96. The molecule has 21 heavy (non-hydrogen) atoms. The van der Waals surface area contributed by atoms with Gasteiger partial charge in [0.2, 0.25) is 5.91 Å². The first kappa shape index (κ1) is 14.1. The fourth-order valence-electron chi connectivity index (χ4n) is 2.18. The van der Waals surface area contributed by atoms with E-state index in [4.69, 9.17) is 0 Å². The van der Waals surface area contributed by atoms with E-state index in [-0.39, 0.29) is 11.9 Å². The summed E-state index contributed by atoms with van der Waals surface area (Å²) < 4.78 is 0. The van der Waals surface area contributed by atoms with Crippen molar-refractivity contribution in [3.63, 3.8) is 0 Å². The fraction of sp³-hybridized carbons (Fsp3) is 0.667. The summed E-state index contributed by atoms with van der Waals surface area (Å²) in [5.74, 6) is 2.95. The predicted molar refractivity (Wildman–Crippen MR) is 82.4 cm³/mol. The molecule has 1 amide bonds. The summed E-state index contributed by atoms with van der Waals surface area (Å²) >= 11 is 0. The third-order valence-electron chi connectivity index (χ3n) is 3.73. The molecule has 2 fully saturated rings. The molecule has 3 rings (SSSR count). The van der Waals surface area contributed by atoms with Gasteiger partial charge in [-0.3, -0.25) is 4.79 Å². The molecule has 6 nitrogen and oxygen atoms in total. The van der Waals surface area contributed by atoms with E-state index in [0.717, 1.165) is 49.7 Å². The van der Waals surface area contributed by atoms with Gasteiger partial charge >= 0.3 is 0 Å². The largest absolute Gasteiger partial charge is 0.370 e. The van der Waals surface area contributed by atoms with Crippen LogP contribution in [0.3, 0.4) is 0 Å². The van der Waals surface area contributed by atoms with Crippen LogP contribution < -0.4 is 16.0 Å². The lowest BCUT2D eigenvalue weighted by molar-refractivity contribution is -0.121. The van der Waals surface area contributed by atoms with Gasteiger partial charge in [-0.2, -0.15) is 0 Å². The zero-order valence-electron chi connectivity index (χ0n) is 12.6. The second-order valence-corrected chi connectivity index (χ2v) is 5.95. The van der Waals surface area contributed by atoms with Crippen molar-refractivity contribution < 1.29 is 4.79 Å². The van der Waals surface area contributed by atoms with Crippen molar-refractivity contribution >= 4 is 17.5 Å². The molecule has 6 heteroatoms. The topological polar surface area (TPSA) is 78.9 Å². The first-order valence-corrected chi connectivity index (χ1v) is 7.85. The monoisotopic (exact) mass is 289 g/mol. The molecule has 2 aliphatic carbocycles. The number of hydrogen-bond acceptors (Lipinski definition) is 5. The molecule has 0 radical (unpaired) electrons. The first-order valence-electron chi connectivity index (χ1n) is 7.85. The SMILES string of the molecule is CCNc1cc(NC(C)C(=O)NC2CC2)nc(C2CC2)n1. The number of anilines is 2. The summed E-state index contributed by atoms with van der Waals surface area (Å²) in [5.41, 5.74) is 0. The van der Waals surface area contributed by atoms with Crippen molar-refractivity contribution in [1.29, 1.82) is 0 Å². The molecule has 1 atom stereocenters. The molecule has 3 N–H and O–H groups in total. The van der Waals surface area contributed by atoms with Gasteiger partial charge in [-0.15, -0.1) is 0 Å². The highest BCUT2D eigenvalue weighted by atomic mass is 16.2. The number of hydrogen-bond donors (Lipinski definition) is 3. The van der Waals surface area contributed by atoms with Gasteiger partial charge < -0.3 is 16.0 Å². The number of nitrogens with one attached hydrogen (secondary N) is 3. The Morgan fingerprint density at radius 2 is 2.00 bits per heavy atom. The highest BCUT2D eigenvalue weighted by Crippen LogP contribution is 2.38. The van der Waals surface area contributed by atoms with Crippen molar-refractivity contribution in [3.8, 4) is 0 Å². The average molecular weight is 289 g/mol. The van der Waals surface area contributed by atoms with Crippen molar-refractivity contribution in [2.45, 2.75) is 57.5 Å². The maximum absolute atomic E-state index is 12.0. The maximum atomic E-state index is 12.0. The van der Waals surface area contributed by atoms with Crippen molar-refractivity contribution in [3.05, 3.63) is 11.9 Å². The highest BCUT2D eigenvalue weighted by molar-refractivity contribution is 5.84. The fourth-order valence-corrected chi connectivity index (χ4v) is 2.18. The minimum atomic E-state index is -0.290. The molecule has 1 aromatic heterocycles. The van der Waals surface area contributed by atoms with Crippen LogP contribution in [0.2, 0.25) is 0 Å². The number of rotatable bonds is 7. The molecule has 1 unspecified atom stereocenters. The molecule has 0 aromatic carbocycles. The van der Waals surface area contributed by atoms with Crippen LogP contribution >= 0.6 is 0 Å². The van der Waals surface area contributed by atoms with E-state index in [1.165, 1.54) is 0 Å². The zero-order valence-corrected chi connectivity index (χ0v) is 12.6. The van der Waals surface area contributed by atoms with Crippen molar-refractivity contribution in [1.82, 2.24) is 15.3 Å². The van der Waals surface area contributed by atoms with E-state index in [9.17, 15) is 4.79 Å². The van der Waals surface area contributed by atoms with Gasteiger partial charge in [-0.1, -0.05) is 0 Å². The van der Waals surface area contributed by atoms with Gasteiger partial charge in [-0.05, 0) is 39.5 Å². The molecule has 1 aromatic rings. The molecule has 1 heterocycles. The predicted octanol–water partition coefficient (Wildman–Crippen LogP) is 1.86. The number of aromatic nitrogens is 2. The number of carbonyl (C=O) groups excluding carboxylic acids is 1. The van der Waals surface area contributed by atoms with Gasteiger partial charge in [-0.25, -0.2) is 9.97 Å². The van der Waals surface area contributed by atoms with E-state index in [2.05, 4.69) is 25.9 Å². The molecular formula is C15H23N5O. The van der Waals surface area contributed by atoms with E-state index in [0.29, 0.717) is 12.0 Å².